The minimum Gasteiger partial charge on any atom is -0.393 e. The fourth-order valence-corrected chi connectivity index (χ4v) is 3.10. The van der Waals surface area contributed by atoms with Gasteiger partial charge in [0.1, 0.15) is 0 Å². The molecule has 1 aliphatic carbocycles. The Hall–Kier alpha value is -1.56. The molecular formula is C16H18F3NO2. The van der Waals surface area contributed by atoms with Crippen molar-refractivity contribution in [2.45, 2.75) is 37.5 Å². The molecule has 0 radical (unpaired) electrons. The number of hydrogen-bond donors (Lipinski definition) is 1. The molecule has 120 valence electrons. The first kappa shape index (κ1) is 15.3. The molecule has 0 aromatic heterocycles. The van der Waals surface area contributed by atoms with Gasteiger partial charge in [-0.1, -0.05) is 18.2 Å². The molecule has 1 heterocycles. The zero-order chi connectivity index (χ0) is 15.9. The Morgan fingerprint density at radius 1 is 1.23 bits per heavy atom. The van der Waals surface area contributed by atoms with Crippen molar-refractivity contribution in [3.8, 4) is 0 Å². The zero-order valence-corrected chi connectivity index (χ0v) is 12.0. The summed E-state index contributed by atoms with van der Waals surface area (Å²) >= 11 is 0. The minimum atomic E-state index is -4.35. The lowest BCUT2D eigenvalue weighted by molar-refractivity contribution is -0.137. The largest absolute Gasteiger partial charge is 0.416 e. The van der Waals surface area contributed by atoms with E-state index in [9.17, 15) is 23.1 Å². The molecular weight excluding hydrogens is 295 g/mol. The lowest BCUT2D eigenvalue weighted by Crippen LogP contribution is -2.41. The van der Waals surface area contributed by atoms with Gasteiger partial charge in [-0.2, -0.15) is 13.2 Å². The van der Waals surface area contributed by atoms with E-state index in [1.54, 1.807) is 11.0 Å². The van der Waals surface area contributed by atoms with Crippen LogP contribution in [0.5, 0.6) is 0 Å². The van der Waals surface area contributed by atoms with Crippen LogP contribution in [0.2, 0.25) is 0 Å². The van der Waals surface area contributed by atoms with Gasteiger partial charge >= 0.3 is 6.18 Å². The molecule has 0 spiro atoms. The normalized spacial score (nSPS) is 26.1. The third-order valence-electron chi connectivity index (χ3n) is 4.53. The van der Waals surface area contributed by atoms with Crippen molar-refractivity contribution in [2.75, 3.05) is 13.1 Å². The number of benzene rings is 1. The van der Waals surface area contributed by atoms with E-state index in [4.69, 9.17) is 0 Å². The van der Waals surface area contributed by atoms with Crippen molar-refractivity contribution in [1.29, 1.82) is 0 Å². The molecule has 0 bridgehead atoms. The monoisotopic (exact) mass is 313 g/mol. The number of nitrogens with zero attached hydrogens (tertiary/aromatic N) is 1. The summed E-state index contributed by atoms with van der Waals surface area (Å²) in [6.07, 6.45) is -2.94. The highest BCUT2D eigenvalue weighted by atomic mass is 19.4. The molecule has 1 saturated carbocycles. The maximum absolute atomic E-state index is 12.7. The van der Waals surface area contributed by atoms with Crippen LogP contribution in [0.25, 0.3) is 0 Å². The van der Waals surface area contributed by atoms with Crippen LogP contribution in [0.1, 0.15) is 36.3 Å². The minimum absolute atomic E-state index is 0.00862. The smallest absolute Gasteiger partial charge is 0.393 e. The van der Waals surface area contributed by atoms with Gasteiger partial charge in [0.15, 0.2) is 0 Å². The van der Waals surface area contributed by atoms with Gasteiger partial charge in [-0.3, -0.25) is 4.79 Å². The highest BCUT2D eigenvalue weighted by Gasteiger charge is 2.46. The third-order valence-corrected chi connectivity index (χ3v) is 4.53. The van der Waals surface area contributed by atoms with Gasteiger partial charge < -0.3 is 10.0 Å². The molecule has 1 aromatic rings. The fraction of sp³-hybridized carbons (Fsp3) is 0.562. The van der Waals surface area contributed by atoms with E-state index in [-0.39, 0.29) is 23.8 Å². The van der Waals surface area contributed by atoms with E-state index in [0.717, 1.165) is 12.1 Å². The molecule has 1 N–H and O–H groups in total. The number of likely N-dealkylation sites (tertiary alicyclic amines) is 1. The summed E-state index contributed by atoms with van der Waals surface area (Å²) in [6, 6.07) is 5.26. The van der Waals surface area contributed by atoms with Crippen LogP contribution >= 0.6 is 0 Å². The first-order valence-electron chi connectivity index (χ1n) is 7.50. The Balaban J connectivity index is 1.66. The van der Waals surface area contributed by atoms with Crippen molar-refractivity contribution in [3.05, 3.63) is 35.4 Å². The summed E-state index contributed by atoms with van der Waals surface area (Å²) < 4.78 is 38.2. The number of rotatable bonds is 2. The summed E-state index contributed by atoms with van der Waals surface area (Å²) in [6.45, 7) is 1.07. The summed E-state index contributed by atoms with van der Waals surface area (Å²) in [5.41, 5.74) is -0.0746. The number of piperidine rings is 1. The van der Waals surface area contributed by atoms with Crippen molar-refractivity contribution in [3.63, 3.8) is 0 Å². The van der Waals surface area contributed by atoms with Gasteiger partial charge in [-0.15, -0.1) is 0 Å². The molecule has 6 heteroatoms. The van der Waals surface area contributed by atoms with Crippen LogP contribution in [0.3, 0.4) is 0 Å². The topological polar surface area (TPSA) is 40.5 Å². The first-order valence-corrected chi connectivity index (χ1v) is 7.50. The van der Waals surface area contributed by atoms with E-state index in [2.05, 4.69) is 0 Å². The number of hydrogen-bond acceptors (Lipinski definition) is 2. The molecule has 3 nitrogen and oxygen atoms in total. The number of aliphatic hydroxyl groups is 1. The highest BCUT2D eigenvalue weighted by Crippen LogP contribution is 2.49. The average molecular weight is 313 g/mol. The number of carbonyl (C=O) groups is 1. The van der Waals surface area contributed by atoms with Gasteiger partial charge in [-0.25, -0.2) is 0 Å². The second-order valence-corrected chi connectivity index (χ2v) is 6.13. The van der Waals surface area contributed by atoms with Crippen molar-refractivity contribution in [1.82, 2.24) is 4.90 Å². The Morgan fingerprint density at radius 3 is 2.55 bits per heavy atom. The number of aliphatic hydroxyl groups excluding tert-OH is 1. The van der Waals surface area contributed by atoms with E-state index in [0.29, 0.717) is 37.9 Å². The molecule has 1 amide bonds. The molecule has 22 heavy (non-hydrogen) atoms. The number of amides is 1. The van der Waals surface area contributed by atoms with Gasteiger partial charge in [0.25, 0.3) is 0 Å². The lowest BCUT2D eigenvalue weighted by Gasteiger charge is -2.29. The molecule has 1 aliphatic heterocycles. The predicted molar refractivity (Wildman–Crippen MR) is 74.1 cm³/mol. The zero-order valence-electron chi connectivity index (χ0n) is 12.0. The Morgan fingerprint density at radius 2 is 1.91 bits per heavy atom. The predicted octanol–water partition coefficient (Wildman–Crippen LogP) is 2.79. The van der Waals surface area contributed by atoms with E-state index in [1.807, 2.05) is 0 Å². The SMILES string of the molecule is O=C(C1CC1c1cccc(C(F)(F)F)c1)N1CCC(O)CC1. The average Bonchev–Trinajstić information content (AvgIpc) is 3.27. The fourth-order valence-electron chi connectivity index (χ4n) is 3.10. The lowest BCUT2D eigenvalue weighted by atomic mass is 10.0. The Kier molecular flexibility index (Phi) is 3.89. The van der Waals surface area contributed by atoms with Gasteiger partial charge in [0.05, 0.1) is 11.7 Å². The van der Waals surface area contributed by atoms with Crippen LogP contribution in [-0.2, 0) is 11.0 Å². The maximum atomic E-state index is 12.7. The van der Waals surface area contributed by atoms with Crippen molar-refractivity contribution >= 4 is 5.91 Å². The Bertz CT molecular complexity index is 565. The van der Waals surface area contributed by atoms with Gasteiger partial charge in [0, 0.05) is 19.0 Å². The number of carbonyl (C=O) groups excluding carboxylic acids is 1. The summed E-state index contributed by atoms with van der Waals surface area (Å²) in [4.78, 5) is 14.1. The molecule has 2 fully saturated rings. The van der Waals surface area contributed by atoms with Crippen LogP contribution < -0.4 is 0 Å². The number of halogens is 3. The molecule has 1 saturated heterocycles. The van der Waals surface area contributed by atoms with Crippen LogP contribution in [-0.4, -0.2) is 35.1 Å². The first-order chi connectivity index (χ1) is 10.4. The van der Waals surface area contributed by atoms with Crippen molar-refractivity contribution < 1.29 is 23.1 Å². The quantitative estimate of drug-likeness (QED) is 0.912. The van der Waals surface area contributed by atoms with Crippen LogP contribution in [0.15, 0.2) is 24.3 Å². The molecule has 2 unspecified atom stereocenters. The molecule has 2 atom stereocenters. The summed E-state index contributed by atoms with van der Waals surface area (Å²) in [7, 11) is 0. The second kappa shape index (κ2) is 5.57. The standard InChI is InChI=1S/C16H18F3NO2/c17-16(18,19)11-3-1-2-10(8-11)13-9-14(13)15(22)20-6-4-12(21)5-7-20/h1-3,8,12-14,21H,4-7,9H2. The van der Waals surface area contributed by atoms with Gasteiger partial charge in [0.2, 0.25) is 5.91 Å². The van der Waals surface area contributed by atoms with E-state index >= 15 is 0 Å². The summed E-state index contributed by atoms with van der Waals surface area (Å²) in [5, 5.41) is 9.46. The van der Waals surface area contributed by atoms with Gasteiger partial charge in [-0.05, 0) is 36.8 Å². The van der Waals surface area contributed by atoms with Crippen molar-refractivity contribution in [2.24, 2.45) is 5.92 Å². The van der Waals surface area contributed by atoms with Crippen LogP contribution in [0, 0.1) is 5.92 Å². The maximum Gasteiger partial charge on any atom is 0.416 e. The third kappa shape index (κ3) is 3.11. The van der Waals surface area contributed by atoms with E-state index < -0.39 is 11.7 Å². The molecule has 2 aliphatic rings. The molecule has 3 rings (SSSR count). The summed E-state index contributed by atoms with van der Waals surface area (Å²) in [5.74, 6) is -0.310. The number of alkyl halides is 3. The Labute approximate surface area is 126 Å². The highest BCUT2D eigenvalue weighted by molar-refractivity contribution is 5.83. The second-order valence-electron chi connectivity index (χ2n) is 6.13. The molecule has 1 aromatic carbocycles. The van der Waals surface area contributed by atoms with Crippen LogP contribution in [0.4, 0.5) is 13.2 Å². The van der Waals surface area contributed by atoms with E-state index in [1.165, 1.54) is 6.07 Å².